The molecular weight excluding hydrogens is 552 g/mol. The van der Waals surface area contributed by atoms with Gasteiger partial charge in [-0.15, -0.1) is 0 Å². The first-order chi connectivity index (χ1) is 20.7. The van der Waals surface area contributed by atoms with Gasteiger partial charge in [0.25, 0.3) is 5.56 Å². The minimum atomic E-state index is -0.999. The summed E-state index contributed by atoms with van der Waals surface area (Å²) in [4.78, 5) is 68.1. The number of H-pyrrole nitrogens is 1. The fourth-order valence-electron chi connectivity index (χ4n) is 5.21. The molecule has 0 aliphatic heterocycles. The van der Waals surface area contributed by atoms with Gasteiger partial charge in [-0.3, -0.25) is 14.4 Å². The van der Waals surface area contributed by atoms with Crippen LogP contribution in [-0.2, 0) is 27.3 Å². The fraction of sp³-hybridized carbons (Fsp3) is 0.500. The molecule has 1 fully saturated rings. The molecule has 43 heavy (non-hydrogen) atoms. The number of amides is 3. The van der Waals surface area contributed by atoms with Crippen molar-refractivity contribution in [3.05, 3.63) is 58.7 Å². The lowest BCUT2D eigenvalue weighted by Crippen LogP contribution is -2.44. The fourth-order valence-corrected chi connectivity index (χ4v) is 5.21. The predicted octanol–water partition coefficient (Wildman–Crippen LogP) is 3.16. The van der Waals surface area contributed by atoms with E-state index in [-0.39, 0.29) is 24.6 Å². The molecule has 3 heterocycles. The number of hydrogen-bond acceptors (Lipinski definition) is 8. The third-order valence-electron chi connectivity index (χ3n) is 7.65. The van der Waals surface area contributed by atoms with E-state index < -0.39 is 23.6 Å². The summed E-state index contributed by atoms with van der Waals surface area (Å²) >= 11 is 0. The summed E-state index contributed by atoms with van der Waals surface area (Å²) in [6.07, 6.45) is 14.3. The van der Waals surface area contributed by atoms with Crippen molar-refractivity contribution in [2.24, 2.45) is 5.92 Å². The first kappa shape index (κ1) is 31.4. The maximum absolute atomic E-state index is 13.3. The second-order valence-corrected chi connectivity index (χ2v) is 11.0. The molecule has 1 unspecified atom stereocenters. The SMILES string of the molecule is COC(=O)NC(CCC=CC(=O)N(C)C)C(=O)Nc1cccn(Cc2nc3ncnc(CCC4CCCCC4)c3[nH]2)c1=O. The maximum Gasteiger partial charge on any atom is 0.407 e. The number of carbonyl (C=O) groups excluding carboxylic acids is 3. The summed E-state index contributed by atoms with van der Waals surface area (Å²) in [5, 5.41) is 5.11. The maximum atomic E-state index is 13.3. The zero-order valence-corrected chi connectivity index (χ0v) is 25.0. The Labute approximate surface area is 250 Å². The number of carbonyl (C=O) groups is 3. The highest BCUT2D eigenvalue weighted by molar-refractivity contribution is 5.96. The van der Waals surface area contributed by atoms with Gasteiger partial charge < -0.3 is 29.8 Å². The lowest BCUT2D eigenvalue weighted by Gasteiger charge is -2.21. The molecule has 3 aromatic heterocycles. The zero-order chi connectivity index (χ0) is 30.8. The number of fused-ring (bicyclic) bond motifs is 1. The summed E-state index contributed by atoms with van der Waals surface area (Å²) in [5.41, 5.74) is 1.87. The van der Waals surface area contributed by atoms with Gasteiger partial charge in [-0.2, -0.15) is 0 Å². The topological polar surface area (TPSA) is 164 Å². The van der Waals surface area contributed by atoms with Gasteiger partial charge in [-0.05, 0) is 49.8 Å². The van der Waals surface area contributed by atoms with E-state index in [0.717, 1.165) is 30.0 Å². The van der Waals surface area contributed by atoms with E-state index in [1.54, 1.807) is 32.4 Å². The molecule has 4 rings (SSSR count). The standard InChI is InChI=1S/C30H40N8O5/c1-37(2)25(39)14-8-7-12-22(34-30(42)43-3)28(40)33-23-13-9-17-38(29(23)41)18-24-35-26-21(31-19-32-27(26)36-24)16-15-20-10-5-4-6-11-20/h8-9,13-14,17,19-20,22H,4-7,10-12,15-16,18H2,1-3H3,(H,33,40)(H,34,42)(H,31,32,35,36). The van der Waals surface area contributed by atoms with Crippen molar-refractivity contribution in [2.45, 2.75) is 70.4 Å². The van der Waals surface area contributed by atoms with Gasteiger partial charge in [-0.1, -0.05) is 38.2 Å². The van der Waals surface area contributed by atoms with Crippen LogP contribution in [-0.4, -0.2) is 74.6 Å². The number of hydrogen-bond donors (Lipinski definition) is 3. The number of alkyl carbamates (subject to hydrolysis) is 1. The normalized spacial score (nSPS) is 14.5. The van der Waals surface area contributed by atoms with Gasteiger partial charge in [0.15, 0.2) is 5.65 Å². The molecule has 1 aliphatic carbocycles. The quantitative estimate of drug-likeness (QED) is 0.270. The van der Waals surface area contributed by atoms with E-state index >= 15 is 0 Å². The van der Waals surface area contributed by atoms with Crippen molar-refractivity contribution < 1.29 is 19.1 Å². The number of aromatic nitrogens is 5. The van der Waals surface area contributed by atoms with Crippen LogP contribution in [0.3, 0.4) is 0 Å². The third kappa shape index (κ3) is 8.72. The first-order valence-corrected chi connectivity index (χ1v) is 14.7. The number of aromatic amines is 1. The molecule has 3 N–H and O–H groups in total. The number of ether oxygens (including phenoxy) is 1. The number of likely N-dealkylation sites (N-methyl/N-ethyl adjacent to an activating group) is 1. The number of aryl methyl sites for hydroxylation is 1. The van der Waals surface area contributed by atoms with Crippen LogP contribution in [0.1, 0.15) is 62.9 Å². The minimum Gasteiger partial charge on any atom is -0.453 e. The third-order valence-corrected chi connectivity index (χ3v) is 7.65. The number of nitrogens with zero attached hydrogens (tertiary/aromatic N) is 5. The van der Waals surface area contributed by atoms with Gasteiger partial charge >= 0.3 is 6.09 Å². The molecule has 13 heteroatoms. The number of anilines is 1. The molecule has 0 bridgehead atoms. The Morgan fingerprint density at radius 2 is 2.00 bits per heavy atom. The Balaban J connectivity index is 1.44. The summed E-state index contributed by atoms with van der Waals surface area (Å²) in [7, 11) is 4.46. The number of imidazole rings is 1. The van der Waals surface area contributed by atoms with Crippen LogP contribution in [0.5, 0.6) is 0 Å². The molecule has 0 spiro atoms. The summed E-state index contributed by atoms with van der Waals surface area (Å²) in [5.74, 6) is 0.487. The molecule has 1 saturated carbocycles. The molecule has 3 amide bonds. The van der Waals surface area contributed by atoms with Crippen molar-refractivity contribution in [2.75, 3.05) is 26.5 Å². The summed E-state index contributed by atoms with van der Waals surface area (Å²) in [6.45, 7) is 0.134. The average molecular weight is 593 g/mol. The number of pyridine rings is 1. The highest BCUT2D eigenvalue weighted by Gasteiger charge is 2.22. The van der Waals surface area contributed by atoms with Crippen LogP contribution < -0.4 is 16.2 Å². The van der Waals surface area contributed by atoms with Crippen LogP contribution in [0.4, 0.5) is 10.5 Å². The van der Waals surface area contributed by atoms with Crippen molar-refractivity contribution >= 4 is 34.8 Å². The molecule has 0 aromatic carbocycles. The molecule has 1 atom stereocenters. The molecule has 3 aromatic rings. The minimum absolute atomic E-state index is 0.0477. The second-order valence-electron chi connectivity index (χ2n) is 11.0. The number of nitrogens with one attached hydrogen (secondary N) is 3. The summed E-state index contributed by atoms with van der Waals surface area (Å²) < 4.78 is 6.08. The lowest BCUT2D eigenvalue weighted by atomic mass is 9.86. The Hall–Kier alpha value is -4.55. The van der Waals surface area contributed by atoms with Gasteiger partial charge in [0.1, 0.15) is 29.4 Å². The highest BCUT2D eigenvalue weighted by Crippen LogP contribution is 2.28. The molecule has 0 saturated heterocycles. The van der Waals surface area contributed by atoms with Crippen molar-refractivity contribution in [1.82, 2.24) is 34.7 Å². The van der Waals surface area contributed by atoms with Gasteiger partial charge in [0, 0.05) is 20.3 Å². The smallest absolute Gasteiger partial charge is 0.407 e. The molecule has 13 nitrogen and oxygen atoms in total. The second kappa shape index (κ2) is 15.1. The lowest BCUT2D eigenvalue weighted by molar-refractivity contribution is -0.123. The van der Waals surface area contributed by atoms with E-state index in [4.69, 9.17) is 0 Å². The van der Waals surface area contributed by atoms with E-state index in [2.05, 4.69) is 35.3 Å². The molecule has 0 radical (unpaired) electrons. The van der Waals surface area contributed by atoms with Crippen molar-refractivity contribution in [3.8, 4) is 0 Å². The average Bonchev–Trinajstić information content (AvgIpc) is 3.43. The van der Waals surface area contributed by atoms with E-state index in [1.165, 1.54) is 67.2 Å². The zero-order valence-electron chi connectivity index (χ0n) is 25.0. The van der Waals surface area contributed by atoms with Crippen LogP contribution in [0, 0.1) is 5.92 Å². The Bertz CT molecular complexity index is 1510. The van der Waals surface area contributed by atoms with Crippen LogP contribution >= 0.6 is 0 Å². The highest BCUT2D eigenvalue weighted by atomic mass is 16.5. The number of methoxy groups -OCH3 is 1. The van der Waals surface area contributed by atoms with Crippen LogP contribution in [0.25, 0.3) is 11.2 Å². The first-order valence-electron chi connectivity index (χ1n) is 14.7. The van der Waals surface area contributed by atoms with Gasteiger partial charge in [0.05, 0.1) is 19.3 Å². The van der Waals surface area contributed by atoms with E-state index in [1.807, 2.05) is 0 Å². The van der Waals surface area contributed by atoms with Gasteiger partial charge in [0.2, 0.25) is 11.8 Å². The number of allylic oxidation sites excluding steroid dienone is 1. The Morgan fingerprint density at radius 3 is 2.74 bits per heavy atom. The van der Waals surface area contributed by atoms with E-state index in [9.17, 15) is 19.2 Å². The largest absolute Gasteiger partial charge is 0.453 e. The molecule has 1 aliphatic rings. The van der Waals surface area contributed by atoms with Crippen molar-refractivity contribution in [3.63, 3.8) is 0 Å². The molecule has 230 valence electrons. The Morgan fingerprint density at radius 1 is 1.21 bits per heavy atom. The predicted molar refractivity (Wildman–Crippen MR) is 161 cm³/mol. The van der Waals surface area contributed by atoms with Gasteiger partial charge in [-0.25, -0.2) is 19.7 Å². The Kier molecular flexibility index (Phi) is 11.0. The van der Waals surface area contributed by atoms with Crippen LogP contribution in [0.15, 0.2) is 41.6 Å². The number of rotatable bonds is 12. The van der Waals surface area contributed by atoms with E-state index in [0.29, 0.717) is 17.9 Å². The monoisotopic (exact) mass is 592 g/mol. The molecular formula is C30H40N8O5. The van der Waals surface area contributed by atoms with Crippen molar-refractivity contribution in [1.29, 1.82) is 0 Å². The summed E-state index contributed by atoms with van der Waals surface area (Å²) in [6, 6.07) is 2.14. The van der Waals surface area contributed by atoms with Crippen LogP contribution in [0.2, 0.25) is 0 Å².